The van der Waals surface area contributed by atoms with Crippen LogP contribution in [0.4, 0.5) is 0 Å². The van der Waals surface area contributed by atoms with E-state index >= 15 is 0 Å². The smallest absolute Gasteiger partial charge is 0.310 e. The third kappa shape index (κ3) is 2.10. The van der Waals surface area contributed by atoms with E-state index in [-0.39, 0.29) is 0 Å². The minimum Gasteiger partial charge on any atom is -0.481 e. The Morgan fingerprint density at radius 3 is 2.69 bits per heavy atom. The number of carbonyl (C=O) groups is 1. The quantitative estimate of drug-likeness (QED) is 0.866. The molecule has 70 valence electrons. The molecular weight excluding hydrogens is 232 g/mol. The van der Waals surface area contributed by atoms with Crippen LogP contribution in [-0.2, 0) is 4.79 Å². The summed E-state index contributed by atoms with van der Waals surface area (Å²) in [4.78, 5) is 10.7. The van der Waals surface area contributed by atoms with Gasteiger partial charge in [-0.3, -0.25) is 4.79 Å². The zero-order valence-electron chi connectivity index (χ0n) is 7.54. The summed E-state index contributed by atoms with van der Waals surface area (Å²) >= 11 is 3.37. The Bertz CT molecular complexity index is 334. The van der Waals surface area contributed by atoms with Crippen LogP contribution in [0.25, 0.3) is 0 Å². The van der Waals surface area contributed by atoms with Gasteiger partial charge in [0.15, 0.2) is 0 Å². The molecule has 0 saturated heterocycles. The van der Waals surface area contributed by atoms with E-state index in [2.05, 4.69) is 15.9 Å². The van der Waals surface area contributed by atoms with Crippen LogP contribution in [0.5, 0.6) is 0 Å². The largest absolute Gasteiger partial charge is 0.481 e. The summed E-state index contributed by atoms with van der Waals surface area (Å²) < 4.78 is 0.957. The van der Waals surface area contributed by atoms with Crippen molar-refractivity contribution in [2.24, 2.45) is 0 Å². The first kappa shape index (κ1) is 10.3. The molecule has 0 heterocycles. The third-order valence-corrected chi connectivity index (χ3v) is 3.01. The van der Waals surface area contributed by atoms with Crippen molar-refractivity contribution in [3.8, 4) is 0 Å². The molecule has 0 aliphatic carbocycles. The van der Waals surface area contributed by atoms with Gasteiger partial charge in [0.2, 0.25) is 0 Å². The summed E-state index contributed by atoms with van der Waals surface area (Å²) in [5.74, 6) is -1.24. The van der Waals surface area contributed by atoms with Gasteiger partial charge >= 0.3 is 5.97 Å². The number of rotatable bonds is 2. The van der Waals surface area contributed by atoms with Crippen molar-refractivity contribution in [1.82, 2.24) is 0 Å². The van der Waals surface area contributed by atoms with Crippen LogP contribution in [0, 0.1) is 6.92 Å². The molecule has 0 spiro atoms. The van der Waals surface area contributed by atoms with Crippen LogP contribution in [0.2, 0.25) is 0 Å². The lowest BCUT2D eigenvalue weighted by atomic mass is 9.97. The monoisotopic (exact) mass is 242 g/mol. The first-order valence-electron chi connectivity index (χ1n) is 4.02. The van der Waals surface area contributed by atoms with E-state index in [4.69, 9.17) is 5.11 Å². The molecule has 3 heteroatoms. The highest BCUT2D eigenvalue weighted by Crippen LogP contribution is 2.25. The molecular formula is C10H11BrO2. The van der Waals surface area contributed by atoms with Crippen LogP contribution < -0.4 is 0 Å². The Balaban J connectivity index is 3.15. The summed E-state index contributed by atoms with van der Waals surface area (Å²) in [6.07, 6.45) is 0. The van der Waals surface area contributed by atoms with Gasteiger partial charge in [-0.2, -0.15) is 0 Å². The highest BCUT2D eigenvalue weighted by Gasteiger charge is 2.16. The minimum atomic E-state index is -0.791. The van der Waals surface area contributed by atoms with Crippen LogP contribution in [0.3, 0.4) is 0 Å². The van der Waals surface area contributed by atoms with Gasteiger partial charge in [-0.05, 0) is 31.0 Å². The van der Waals surface area contributed by atoms with Crippen molar-refractivity contribution >= 4 is 21.9 Å². The number of halogens is 1. The topological polar surface area (TPSA) is 37.3 Å². The lowest BCUT2D eigenvalue weighted by Crippen LogP contribution is -2.08. The van der Waals surface area contributed by atoms with Crippen molar-refractivity contribution in [2.75, 3.05) is 0 Å². The lowest BCUT2D eigenvalue weighted by molar-refractivity contribution is -0.138. The maximum atomic E-state index is 10.7. The molecule has 0 radical (unpaired) electrons. The summed E-state index contributed by atoms with van der Waals surface area (Å²) in [5.41, 5.74) is 1.86. The normalized spacial score (nSPS) is 12.5. The minimum absolute atomic E-state index is 0.447. The zero-order chi connectivity index (χ0) is 10.0. The van der Waals surface area contributed by atoms with E-state index in [1.165, 1.54) is 0 Å². The van der Waals surface area contributed by atoms with Crippen molar-refractivity contribution in [3.63, 3.8) is 0 Å². The molecule has 0 aliphatic heterocycles. The van der Waals surface area contributed by atoms with Gasteiger partial charge < -0.3 is 5.11 Å². The maximum Gasteiger partial charge on any atom is 0.310 e. The molecule has 0 amide bonds. The molecule has 1 atom stereocenters. The summed E-state index contributed by atoms with van der Waals surface area (Å²) in [5, 5.41) is 8.84. The van der Waals surface area contributed by atoms with Gasteiger partial charge in [0, 0.05) is 4.47 Å². The van der Waals surface area contributed by atoms with Gasteiger partial charge in [-0.1, -0.05) is 28.1 Å². The van der Waals surface area contributed by atoms with Gasteiger partial charge in [0.05, 0.1) is 5.92 Å². The van der Waals surface area contributed by atoms with E-state index in [9.17, 15) is 4.79 Å². The Morgan fingerprint density at radius 2 is 2.15 bits per heavy atom. The molecule has 0 saturated carbocycles. The molecule has 2 nitrogen and oxygen atoms in total. The van der Waals surface area contributed by atoms with E-state index in [0.29, 0.717) is 0 Å². The van der Waals surface area contributed by atoms with Crippen molar-refractivity contribution in [2.45, 2.75) is 19.8 Å². The van der Waals surface area contributed by atoms with E-state index in [1.54, 1.807) is 6.92 Å². The molecule has 1 rings (SSSR count). The Hall–Kier alpha value is -0.830. The Labute approximate surface area is 85.7 Å². The molecule has 13 heavy (non-hydrogen) atoms. The summed E-state index contributed by atoms with van der Waals surface area (Å²) in [7, 11) is 0. The highest BCUT2D eigenvalue weighted by molar-refractivity contribution is 9.10. The second-order valence-corrected chi connectivity index (χ2v) is 3.87. The average molecular weight is 243 g/mol. The second-order valence-electron chi connectivity index (χ2n) is 3.01. The second kappa shape index (κ2) is 3.92. The number of benzene rings is 1. The number of hydrogen-bond donors (Lipinski definition) is 1. The molecule has 1 aromatic rings. The van der Waals surface area contributed by atoms with E-state index in [0.717, 1.165) is 15.6 Å². The lowest BCUT2D eigenvalue weighted by Gasteiger charge is -2.10. The van der Waals surface area contributed by atoms with E-state index in [1.807, 2.05) is 25.1 Å². The molecule has 0 fully saturated rings. The van der Waals surface area contributed by atoms with Crippen LogP contribution in [0.1, 0.15) is 24.0 Å². The molecule has 0 aliphatic rings. The number of carboxylic acid groups (broad SMARTS) is 1. The standard InChI is InChI=1S/C10H11BrO2/c1-6-8(7(2)10(12)13)4-3-5-9(6)11/h3-5,7H,1-2H3,(H,12,13). The Morgan fingerprint density at radius 1 is 1.54 bits per heavy atom. The fraction of sp³-hybridized carbons (Fsp3) is 0.300. The number of aliphatic carboxylic acids is 1. The van der Waals surface area contributed by atoms with Crippen molar-refractivity contribution in [1.29, 1.82) is 0 Å². The fourth-order valence-corrected chi connectivity index (χ4v) is 1.61. The van der Waals surface area contributed by atoms with Crippen LogP contribution >= 0.6 is 15.9 Å². The number of carboxylic acids is 1. The molecule has 1 unspecified atom stereocenters. The fourth-order valence-electron chi connectivity index (χ4n) is 1.23. The van der Waals surface area contributed by atoms with Crippen molar-refractivity contribution < 1.29 is 9.90 Å². The predicted octanol–water partition coefficient (Wildman–Crippen LogP) is 2.95. The molecule has 1 aromatic carbocycles. The average Bonchev–Trinajstić information content (AvgIpc) is 2.08. The van der Waals surface area contributed by atoms with Crippen molar-refractivity contribution in [3.05, 3.63) is 33.8 Å². The molecule has 0 aromatic heterocycles. The van der Waals surface area contributed by atoms with Crippen LogP contribution in [0.15, 0.2) is 22.7 Å². The molecule has 1 N–H and O–H groups in total. The Kier molecular flexibility index (Phi) is 3.09. The summed E-state index contributed by atoms with van der Waals surface area (Å²) in [6, 6.07) is 5.61. The van der Waals surface area contributed by atoms with Gasteiger partial charge in [0.25, 0.3) is 0 Å². The first-order chi connectivity index (χ1) is 6.04. The van der Waals surface area contributed by atoms with Gasteiger partial charge in [-0.15, -0.1) is 0 Å². The number of hydrogen-bond acceptors (Lipinski definition) is 1. The SMILES string of the molecule is Cc1c(Br)cccc1C(C)C(=O)O. The van der Waals surface area contributed by atoms with Crippen LogP contribution in [-0.4, -0.2) is 11.1 Å². The maximum absolute atomic E-state index is 10.7. The summed E-state index contributed by atoms with van der Waals surface area (Å²) in [6.45, 7) is 3.61. The first-order valence-corrected chi connectivity index (χ1v) is 4.81. The highest BCUT2D eigenvalue weighted by atomic mass is 79.9. The van der Waals surface area contributed by atoms with E-state index < -0.39 is 11.9 Å². The third-order valence-electron chi connectivity index (χ3n) is 2.15. The van der Waals surface area contributed by atoms with Gasteiger partial charge in [-0.25, -0.2) is 0 Å². The molecule has 0 bridgehead atoms. The zero-order valence-corrected chi connectivity index (χ0v) is 9.13. The van der Waals surface area contributed by atoms with Gasteiger partial charge in [0.1, 0.15) is 0 Å². The predicted molar refractivity (Wildman–Crippen MR) is 54.9 cm³/mol.